The van der Waals surface area contributed by atoms with Gasteiger partial charge >= 0.3 is 12.1 Å². The van der Waals surface area contributed by atoms with E-state index in [0.29, 0.717) is 17.7 Å². The molecule has 12 heteroatoms. The van der Waals surface area contributed by atoms with Crippen LogP contribution in [-0.2, 0) is 26.9 Å². The summed E-state index contributed by atoms with van der Waals surface area (Å²) < 4.78 is 6.86. The molecule has 28 heavy (non-hydrogen) atoms. The molecule has 3 N–H and O–H groups in total. The van der Waals surface area contributed by atoms with E-state index >= 15 is 0 Å². The third-order valence-corrected chi connectivity index (χ3v) is 4.75. The molecule has 0 saturated carbocycles. The molecule has 11 nitrogen and oxygen atoms in total. The van der Waals surface area contributed by atoms with E-state index in [1.807, 2.05) is 0 Å². The van der Waals surface area contributed by atoms with Crippen LogP contribution in [0.2, 0.25) is 0 Å². The summed E-state index contributed by atoms with van der Waals surface area (Å²) >= 11 is 3.21. The molecule has 1 saturated heterocycles. The number of carbonyl (C=O) groups excluding carboxylic acids is 2. The standard InChI is InChI=1S/C16H25BrN6O5/c1-15(2,3)28-14(27)18-9-6-10(24)23-16(12(25)26,7-5-8-19-23)11-20-13(17)22(4)21-11/h19H,5-9H2,1-4H3,(H,18,27)(H,25,26). The number of hydrazine groups is 1. The molecule has 0 aliphatic carbocycles. The summed E-state index contributed by atoms with van der Waals surface area (Å²) in [5.41, 5.74) is 0.464. The van der Waals surface area contributed by atoms with Crippen molar-refractivity contribution in [1.29, 1.82) is 0 Å². The van der Waals surface area contributed by atoms with E-state index in [-0.39, 0.29) is 25.2 Å². The summed E-state index contributed by atoms with van der Waals surface area (Å²) in [7, 11) is 1.61. The SMILES string of the molecule is Cn1nc(C2(C(=O)O)CCCNN2C(=O)CCNC(=O)OC(C)(C)C)nc1Br. The number of alkyl carbamates (subject to hydrolysis) is 1. The van der Waals surface area contributed by atoms with Crippen LogP contribution < -0.4 is 10.7 Å². The van der Waals surface area contributed by atoms with Crippen LogP contribution in [0.15, 0.2) is 4.73 Å². The molecule has 1 atom stereocenters. The van der Waals surface area contributed by atoms with Crippen molar-refractivity contribution in [2.75, 3.05) is 13.1 Å². The molecule has 0 aromatic carbocycles. The Balaban J connectivity index is 2.15. The first kappa shape index (κ1) is 22.1. The molecule has 2 rings (SSSR count). The van der Waals surface area contributed by atoms with Crippen molar-refractivity contribution in [3.8, 4) is 0 Å². The fourth-order valence-corrected chi connectivity index (χ4v) is 3.08. The number of carboxylic acids is 1. The van der Waals surface area contributed by atoms with Crippen LogP contribution in [0.1, 0.15) is 45.9 Å². The lowest BCUT2D eigenvalue weighted by molar-refractivity contribution is -0.169. The van der Waals surface area contributed by atoms with Gasteiger partial charge in [0.25, 0.3) is 0 Å². The molecule has 0 bridgehead atoms. The van der Waals surface area contributed by atoms with Crippen LogP contribution in [0.25, 0.3) is 0 Å². The van der Waals surface area contributed by atoms with Crippen LogP contribution in [0.3, 0.4) is 0 Å². The number of aryl methyl sites for hydroxylation is 1. The Morgan fingerprint density at radius 3 is 2.61 bits per heavy atom. The van der Waals surface area contributed by atoms with Crippen LogP contribution in [0.5, 0.6) is 0 Å². The van der Waals surface area contributed by atoms with E-state index in [2.05, 4.69) is 36.8 Å². The summed E-state index contributed by atoms with van der Waals surface area (Å²) in [5.74, 6) is -1.72. The lowest BCUT2D eigenvalue weighted by Gasteiger charge is -2.42. The molecule has 1 aliphatic heterocycles. The van der Waals surface area contributed by atoms with Gasteiger partial charge in [-0.25, -0.2) is 24.7 Å². The fraction of sp³-hybridized carbons (Fsp3) is 0.688. The van der Waals surface area contributed by atoms with Gasteiger partial charge in [0.1, 0.15) is 5.60 Å². The average Bonchev–Trinajstić information content (AvgIpc) is 2.92. The number of ether oxygens (including phenoxy) is 1. The monoisotopic (exact) mass is 460 g/mol. The minimum absolute atomic E-state index is 0.000959. The first-order valence-corrected chi connectivity index (χ1v) is 9.60. The molecule has 1 aromatic rings. The number of hydrogen-bond donors (Lipinski definition) is 3. The summed E-state index contributed by atoms with van der Waals surface area (Å²) in [6.45, 7) is 5.63. The number of nitrogens with zero attached hydrogens (tertiary/aromatic N) is 4. The second-order valence-corrected chi connectivity index (χ2v) is 8.12. The number of amides is 2. The van der Waals surface area contributed by atoms with Crippen LogP contribution in [0, 0.1) is 0 Å². The summed E-state index contributed by atoms with van der Waals surface area (Å²) in [6, 6.07) is 0. The van der Waals surface area contributed by atoms with Gasteiger partial charge in [0.05, 0.1) is 0 Å². The van der Waals surface area contributed by atoms with E-state index in [0.717, 1.165) is 5.01 Å². The van der Waals surface area contributed by atoms with Gasteiger partial charge in [-0.1, -0.05) is 0 Å². The Kier molecular flexibility index (Phi) is 6.65. The third-order valence-electron chi connectivity index (χ3n) is 4.06. The Hall–Kier alpha value is -2.21. The predicted octanol–water partition coefficient (Wildman–Crippen LogP) is 0.899. The quantitative estimate of drug-likeness (QED) is 0.588. The lowest BCUT2D eigenvalue weighted by atomic mass is 9.89. The summed E-state index contributed by atoms with van der Waals surface area (Å²) in [5, 5.41) is 17.7. The van der Waals surface area contributed by atoms with Gasteiger partial charge in [0.2, 0.25) is 11.4 Å². The smallest absolute Gasteiger partial charge is 0.407 e. The number of halogens is 1. The van der Waals surface area contributed by atoms with Crippen LogP contribution >= 0.6 is 15.9 Å². The highest BCUT2D eigenvalue weighted by molar-refractivity contribution is 9.10. The maximum atomic E-state index is 12.8. The van der Waals surface area contributed by atoms with Crippen LogP contribution in [-0.4, -0.2) is 61.5 Å². The first-order chi connectivity index (χ1) is 13.0. The molecule has 1 aromatic heterocycles. The van der Waals surface area contributed by atoms with Gasteiger partial charge in [-0.3, -0.25) is 9.80 Å². The normalized spacial score (nSPS) is 20.0. The maximum Gasteiger partial charge on any atom is 0.407 e. The Morgan fingerprint density at radius 2 is 2.07 bits per heavy atom. The molecule has 0 spiro atoms. The Bertz CT molecular complexity index is 742. The first-order valence-electron chi connectivity index (χ1n) is 8.81. The highest BCUT2D eigenvalue weighted by Gasteiger charge is 2.53. The van der Waals surface area contributed by atoms with E-state index < -0.39 is 29.1 Å². The number of hydrogen-bond acceptors (Lipinski definition) is 7. The van der Waals surface area contributed by atoms with Crippen LogP contribution in [0.4, 0.5) is 4.79 Å². The minimum atomic E-state index is -1.73. The average molecular weight is 461 g/mol. The molecule has 1 aliphatic rings. The minimum Gasteiger partial charge on any atom is -0.479 e. The highest BCUT2D eigenvalue weighted by Crippen LogP contribution is 2.34. The fourth-order valence-electron chi connectivity index (χ4n) is 2.83. The third kappa shape index (κ3) is 4.79. The number of rotatable bonds is 5. The lowest BCUT2D eigenvalue weighted by Crippen LogP contribution is -2.64. The van der Waals surface area contributed by atoms with Crippen molar-refractivity contribution in [2.24, 2.45) is 7.05 Å². The maximum absolute atomic E-state index is 12.8. The van der Waals surface area contributed by atoms with E-state index in [9.17, 15) is 19.5 Å². The van der Waals surface area contributed by atoms with Crippen molar-refractivity contribution in [1.82, 2.24) is 30.5 Å². The van der Waals surface area contributed by atoms with Gasteiger partial charge in [0, 0.05) is 26.6 Å². The van der Waals surface area contributed by atoms with Crippen molar-refractivity contribution >= 4 is 33.9 Å². The molecule has 1 unspecified atom stereocenters. The van der Waals surface area contributed by atoms with Gasteiger partial charge in [-0.2, -0.15) is 5.10 Å². The van der Waals surface area contributed by atoms with Gasteiger partial charge in [-0.15, -0.1) is 0 Å². The van der Waals surface area contributed by atoms with Crippen molar-refractivity contribution in [3.63, 3.8) is 0 Å². The second-order valence-electron chi connectivity index (χ2n) is 7.41. The Labute approximate surface area is 170 Å². The number of carboxylic acid groups (broad SMARTS) is 1. The molecular formula is C16H25BrN6O5. The molecular weight excluding hydrogens is 436 g/mol. The number of nitrogens with one attached hydrogen (secondary N) is 2. The number of aromatic nitrogens is 3. The van der Waals surface area contributed by atoms with Crippen molar-refractivity contribution in [2.45, 2.75) is 51.2 Å². The zero-order chi connectivity index (χ0) is 21.1. The van der Waals surface area contributed by atoms with E-state index in [4.69, 9.17) is 4.74 Å². The van der Waals surface area contributed by atoms with Gasteiger partial charge < -0.3 is 15.2 Å². The zero-order valence-corrected chi connectivity index (χ0v) is 17.9. The molecule has 2 amide bonds. The Morgan fingerprint density at radius 1 is 1.39 bits per heavy atom. The zero-order valence-electron chi connectivity index (χ0n) is 16.3. The molecule has 1 fully saturated rings. The largest absolute Gasteiger partial charge is 0.479 e. The van der Waals surface area contributed by atoms with Gasteiger partial charge in [-0.05, 0) is 49.5 Å². The topological polar surface area (TPSA) is 139 Å². The van der Waals surface area contributed by atoms with E-state index in [1.165, 1.54) is 4.68 Å². The molecule has 0 radical (unpaired) electrons. The number of aliphatic carboxylic acids is 1. The predicted molar refractivity (Wildman–Crippen MR) is 101 cm³/mol. The van der Waals surface area contributed by atoms with Crippen molar-refractivity contribution < 1.29 is 24.2 Å². The summed E-state index contributed by atoms with van der Waals surface area (Å²) in [4.78, 5) is 40.9. The van der Waals surface area contributed by atoms with Crippen molar-refractivity contribution in [3.05, 3.63) is 10.6 Å². The highest BCUT2D eigenvalue weighted by atomic mass is 79.9. The van der Waals surface area contributed by atoms with Gasteiger partial charge in [0.15, 0.2) is 10.6 Å². The summed E-state index contributed by atoms with van der Waals surface area (Å²) in [6.07, 6.45) is -0.0688. The van der Waals surface area contributed by atoms with E-state index in [1.54, 1.807) is 27.8 Å². The molecule has 156 valence electrons. The number of carbonyl (C=O) groups is 3. The second kappa shape index (κ2) is 8.43. The molecule has 2 heterocycles.